The molecule has 1 aromatic carbocycles. The van der Waals surface area contributed by atoms with Crippen molar-refractivity contribution in [2.45, 2.75) is 11.3 Å². The maximum atomic E-state index is 11.9. The average molecular weight is 263 g/mol. The van der Waals surface area contributed by atoms with Gasteiger partial charge in [0.2, 0.25) is 0 Å². The van der Waals surface area contributed by atoms with Gasteiger partial charge in [0.15, 0.2) is 16.5 Å². The van der Waals surface area contributed by atoms with Crippen molar-refractivity contribution in [1.82, 2.24) is 5.32 Å². The molecule has 0 saturated carbocycles. The summed E-state index contributed by atoms with van der Waals surface area (Å²) in [4.78, 5) is 12.2. The molecule has 1 heterocycles. The van der Waals surface area contributed by atoms with Crippen LogP contribution in [0.3, 0.4) is 0 Å². The quantitative estimate of drug-likeness (QED) is 0.789. The third-order valence-corrected chi connectivity index (χ3v) is 3.39. The van der Waals surface area contributed by atoms with Gasteiger partial charge in [-0.2, -0.15) is 0 Å². The normalized spacial score (nSPS) is 14.2. The second-order valence-electron chi connectivity index (χ2n) is 3.96. The summed E-state index contributed by atoms with van der Waals surface area (Å²) in [5, 5.41) is 2.98. The summed E-state index contributed by atoms with van der Waals surface area (Å²) >= 11 is 0. The van der Waals surface area contributed by atoms with Crippen LogP contribution in [0.25, 0.3) is 0 Å². The van der Waals surface area contributed by atoms with Crippen molar-refractivity contribution in [2.75, 3.05) is 6.54 Å². The number of Topliss-reactive ketones (excluding diaryl/α,β-unsaturated/α-hetero) is 1. The van der Waals surface area contributed by atoms with E-state index >= 15 is 0 Å². The minimum Gasteiger partial charge on any atom is -0.387 e. The topological polar surface area (TPSA) is 63.2 Å². The SMILES string of the molecule is O=C(Cc1ccc([SH](=O)=O)cc1)C1=CC=CNC1. The van der Waals surface area contributed by atoms with Gasteiger partial charge >= 0.3 is 0 Å². The van der Waals surface area contributed by atoms with Crippen molar-refractivity contribution >= 4 is 16.5 Å². The lowest BCUT2D eigenvalue weighted by Crippen LogP contribution is -2.20. The molecular formula is C13H13NO3S. The Balaban J connectivity index is 2.07. The molecule has 4 nitrogen and oxygen atoms in total. The third-order valence-electron chi connectivity index (χ3n) is 2.67. The standard InChI is InChI=1S/C13H13NO3S/c15-13(11-2-1-7-14-9-11)8-10-3-5-12(6-4-10)18(16)17/h1-7,14,18H,8-9H2. The summed E-state index contributed by atoms with van der Waals surface area (Å²) in [5.74, 6) is 0.0473. The lowest BCUT2D eigenvalue weighted by molar-refractivity contribution is -0.115. The van der Waals surface area contributed by atoms with E-state index in [9.17, 15) is 13.2 Å². The lowest BCUT2D eigenvalue weighted by atomic mass is 10.0. The number of ketones is 1. The highest BCUT2D eigenvalue weighted by Crippen LogP contribution is 2.10. The number of carbonyl (C=O) groups excluding carboxylic acids is 1. The molecule has 0 bridgehead atoms. The van der Waals surface area contributed by atoms with Crippen LogP contribution in [0.2, 0.25) is 0 Å². The fourth-order valence-electron chi connectivity index (χ4n) is 1.69. The van der Waals surface area contributed by atoms with Crippen LogP contribution in [0.15, 0.2) is 53.1 Å². The highest BCUT2D eigenvalue weighted by atomic mass is 32.2. The van der Waals surface area contributed by atoms with Crippen molar-refractivity contribution in [3.63, 3.8) is 0 Å². The number of rotatable bonds is 4. The Labute approximate surface area is 107 Å². The summed E-state index contributed by atoms with van der Waals surface area (Å²) in [5.41, 5.74) is 1.55. The molecule has 1 aromatic rings. The van der Waals surface area contributed by atoms with Crippen molar-refractivity contribution < 1.29 is 13.2 Å². The third kappa shape index (κ3) is 3.07. The van der Waals surface area contributed by atoms with Gasteiger partial charge in [0.25, 0.3) is 0 Å². The van der Waals surface area contributed by atoms with Crippen LogP contribution in [0.4, 0.5) is 0 Å². The first-order chi connectivity index (χ1) is 8.66. The van der Waals surface area contributed by atoms with Crippen LogP contribution < -0.4 is 5.32 Å². The highest BCUT2D eigenvalue weighted by Gasteiger charge is 2.10. The van der Waals surface area contributed by atoms with Crippen molar-refractivity contribution in [2.24, 2.45) is 0 Å². The van der Waals surface area contributed by atoms with Gasteiger partial charge in [0.05, 0.1) is 4.90 Å². The smallest absolute Gasteiger partial charge is 0.168 e. The predicted octanol–water partition coefficient (Wildman–Crippen LogP) is 0.812. The molecule has 0 radical (unpaired) electrons. The van der Waals surface area contributed by atoms with E-state index in [1.807, 2.05) is 0 Å². The fraction of sp³-hybridized carbons (Fsp3) is 0.154. The highest BCUT2D eigenvalue weighted by molar-refractivity contribution is 7.72. The monoisotopic (exact) mass is 263 g/mol. The van der Waals surface area contributed by atoms with Crippen LogP contribution in [0, 0.1) is 0 Å². The molecule has 0 unspecified atom stereocenters. The number of benzene rings is 1. The molecule has 0 fully saturated rings. The van der Waals surface area contributed by atoms with Gasteiger partial charge in [-0.25, -0.2) is 8.42 Å². The Morgan fingerprint density at radius 3 is 2.50 bits per heavy atom. The van der Waals surface area contributed by atoms with Gasteiger partial charge in [-0.1, -0.05) is 18.2 Å². The Morgan fingerprint density at radius 2 is 1.94 bits per heavy atom. The van der Waals surface area contributed by atoms with Gasteiger partial charge in [-0.15, -0.1) is 0 Å². The number of allylic oxidation sites excluding steroid dienone is 2. The maximum Gasteiger partial charge on any atom is 0.168 e. The molecular weight excluding hydrogens is 250 g/mol. The van der Waals surface area contributed by atoms with E-state index in [2.05, 4.69) is 5.32 Å². The van der Waals surface area contributed by atoms with Crippen LogP contribution in [0.5, 0.6) is 0 Å². The second-order valence-corrected chi connectivity index (χ2v) is 4.99. The van der Waals surface area contributed by atoms with Crippen molar-refractivity contribution in [1.29, 1.82) is 0 Å². The zero-order valence-corrected chi connectivity index (χ0v) is 10.5. The summed E-state index contributed by atoms with van der Waals surface area (Å²) in [6.07, 6.45) is 5.66. The summed E-state index contributed by atoms with van der Waals surface area (Å²) in [7, 11) is -2.56. The minimum absolute atomic E-state index is 0.0473. The molecule has 1 aliphatic heterocycles. The first kappa shape index (κ1) is 12.6. The van der Waals surface area contributed by atoms with Crippen LogP contribution in [-0.2, 0) is 21.9 Å². The van der Waals surface area contributed by atoms with Crippen LogP contribution in [-0.4, -0.2) is 20.7 Å². The fourth-order valence-corrected chi connectivity index (χ4v) is 2.08. The number of hydrogen-bond acceptors (Lipinski definition) is 4. The average Bonchev–Trinajstić information content (AvgIpc) is 2.40. The van der Waals surface area contributed by atoms with Crippen LogP contribution >= 0.6 is 0 Å². The molecule has 0 amide bonds. The summed E-state index contributed by atoms with van der Waals surface area (Å²) < 4.78 is 21.5. The number of nitrogens with one attached hydrogen (secondary N) is 1. The molecule has 0 aromatic heterocycles. The van der Waals surface area contributed by atoms with Gasteiger partial charge in [0.1, 0.15) is 0 Å². The number of dihydropyridines is 1. The summed E-state index contributed by atoms with van der Waals surface area (Å²) in [6.45, 7) is 0.542. The van der Waals surface area contributed by atoms with Gasteiger partial charge in [-0.3, -0.25) is 4.79 Å². The Bertz CT molecular complexity index is 575. The Hall–Kier alpha value is -1.88. The first-order valence-electron chi connectivity index (χ1n) is 5.52. The predicted molar refractivity (Wildman–Crippen MR) is 69.0 cm³/mol. The van der Waals surface area contributed by atoms with E-state index < -0.39 is 10.7 Å². The van der Waals surface area contributed by atoms with E-state index in [1.54, 1.807) is 30.5 Å². The van der Waals surface area contributed by atoms with Crippen molar-refractivity contribution in [3.05, 3.63) is 53.8 Å². The van der Waals surface area contributed by atoms with E-state index in [-0.39, 0.29) is 17.1 Å². The van der Waals surface area contributed by atoms with Crippen LogP contribution in [0.1, 0.15) is 5.56 Å². The molecule has 0 atom stereocenters. The largest absolute Gasteiger partial charge is 0.387 e. The van der Waals surface area contributed by atoms with Gasteiger partial charge < -0.3 is 5.32 Å². The molecule has 0 spiro atoms. The summed E-state index contributed by atoms with van der Waals surface area (Å²) in [6, 6.07) is 6.37. The second kappa shape index (κ2) is 5.64. The van der Waals surface area contributed by atoms with Gasteiger partial charge in [-0.05, 0) is 30.0 Å². The van der Waals surface area contributed by atoms with E-state index in [4.69, 9.17) is 0 Å². The molecule has 0 saturated heterocycles. The zero-order chi connectivity index (χ0) is 13.0. The van der Waals surface area contributed by atoms with Crippen molar-refractivity contribution in [3.8, 4) is 0 Å². The van der Waals surface area contributed by atoms with E-state index in [0.717, 1.165) is 11.1 Å². The molecule has 0 aliphatic carbocycles. The molecule has 94 valence electrons. The zero-order valence-electron chi connectivity index (χ0n) is 9.63. The van der Waals surface area contributed by atoms with E-state index in [0.29, 0.717) is 6.54 Å². The molecule has 18 heavy (non-hydrogen) atoms. The number of carbonyl (C=O) groups is 1. The minimum atomic E-state index is -2.56. The number of hydrogen-bond donors (Lipinski definition) is 2. The first-order valence-corrected chi connectivity index (χ1v) is 6.70. The molecule has 1 aliphatic rings. The Morgan fingerprint density at radius 1 is 1.22 bits per heavy atom. The lowest BCUT2D eigenvalue weighted by Gasteiger charge is -2.09. The number of thiol groups is 1. The van der Waals surface area contributed by atoms with Gasteiger partial charge in [0, 0.05) is 18.5 Å². The molecule has 5 heteroatoms. The van der Waals surface area contributed by atoms with E-state index in [1.165, 1.54) is 12.1 Å². The molecule has 2 rings (SSSR count). The Kier molecular flexibility index (Phi) is 3.94. The molecule has 1 N–H and O–H groups in total. The maximum absolute atomic E-state index is 11.9.